The highest BCUT2D eigenvalue weighted by molar-refractivity contribution is 5.00. The molecule has 23 heavy (non-hydrogen) atoms. The molecule has 3 fully saturated rings. The number of hydrogen-bond acceptors (Lipinski definition) is 6. The van der Waals surface area contributed by atoms with Gasteiger partial charge in [-0.05, 0) is 53.4 Å². The van der Waals surface area contributed by atoms with E-state index in [0.29, 0.717) is 19.4 Å². The largest absolute Gasteiger partial charge is 0.394 e. The van der Waals surface area contributed by atoms with Crippen LogP contribution in [-0.4, -0.2) is 64.8 Å². The number of aliphatic hydroxyl groups is 2. The fourth-order valence-electron chi connectivity index (χ4n) is 3.75. The van der Waals surface area contributed by atoms with Gasteiger partial charge in [-0.2, -0.15) is 0 Å². The van der Waals surface area contributed by atoms with Crippen molar-refractivity contribution >= 4 is 0 Å². The molecular formula is C17H30O6. The van der Waals surface area contributed by atoms with Crippen LogP contribution in [0.2, 0.25) is 0 Å². The highest BCUT2D eigenvalue weighted by Crippen LogP contribution is 2.43. The molecule has 0 bridgehead atoms. The van der Waals surface area contributed by atoms with Gasteiger partial charge in [0.1, 0.15) is 12.2 Å². The van der Waals surface area contributed by atoms with Crippen molar-refractivity contribution in [1.29, 1.82) is 0 Å². The molecule has 0 amide bonds. The van der Waals surface area contributed by atoms with Gasteiger partial charge in [0, 0.05) is 0 Å². The molecule has 3 aliphatic heterocycles. The number of ether oxygens (including phenoxy) is 4. The van der Waals surface area contributed by atoms with Gasteiger partial charge in [-0.1, -0.05) is 0 Å². The van der Waals surface area contributed by atoms with E-state index in [2.05, 4.69) is 0 Å². The van der Waals surface area contributed by atoms with E-state index in [1.54, 1.807) is 0 Å². The molecule has 6 atom stereocenters. The van der Waals surface area contributed by atoms with E-state index in [0.717, 1.165) is 12.8 Å². The van der Waals surface area contributed by atoms with E-state index in [4.69, 9.17) is 18.9 Å². The first-order valence-electron chi connectivity index (χ1n) is 8.64. The van der Waals surface area contributed by atoms with Gasteiger partial charge in [0.25, 0.3) is 0 Å². The average molecular weight is 330 g/mol. The summed E-state index contributed by atoms with van der Waals surface area (Å²) in [4.78, 5) is 0. The molecule has 6 heteroatoms. The molecule has 0 radical (unpaired) electrons. The van der Waals surface area contributed by atoms with Gasteiger partial charge in [0.15, 0.2) is 5.79 Å². The maximum Gasteiger partial charge on any atom is 0.163 e. The second-order valence-electron chi connectivity index (χ2n) is 8.03. The van der Waals surface area contributed by atoms with Crippen molar-refractivity contribution in [3.05, 3.63) is 0 Å². The fraction of sp³-hybridized carbons (Fsp3) is 1.00. The lowest BCUT2D eigenvalue weighted by molar-refractivity contribution is -0.227. The predicted octanol–water partition coefficient (Wildman–Crippen LogP) is 1.37. The normalized spacial score (nSPS) is 49.3. The van der Waals surface area contributed by atoms with E-state index in [1.165, 1.54) is 0 Å². The highest BCUT2D eigenvalue weighted by atomic mass is 16.8. The number of aliphatic hydroxyl groups excluding tert-OH is 2. The molecule has 3 saturated heterocycles. The summed E-state index contributed by atoms with van der Waals surface area (Å²) in [7, 11) is 0. The lowest BCUT2D eigenvalue weighted by Crippen LogP contribution is -2.53. The second kappa shape index (κ2) is 5.93. The Morgan fingerprint density at radius 1 is 1.09 bits per heavy atom. The Morgan fingerprint density at radius 3 is 2.39 bits per heavy atom. The third-order valence-corrected chi connectivity index (χ3v) is 5.60. The van der Waals surface area contributed by atoms with Crippen LogP contribution in [0.1, 0.15) is 53.4 Å². The Hall–Kier alpha value is -0.240. The molecule has 3 rings (SSSR count). The van der Waals surface area contributed by atoms with Crippen LogP contribution >= 0.6 is 0 Å². The predicted molar refractivity (Wildman–Crippen MR) is 83.0 cm³/mol. The van der Waals surface area contributed by atoms with Crippen molar-refractivity contribution in [2.75, 3.05) is 13.2 Å². The van der Waals surface area contributed by atoms with Gasteiger partial charge < -0.3 is 29.2 Å². The molecule has 0 spiro atoms. The van der Waals surface area contributed by atoms with E-state index in [1.807, 2.05) is 27.7 Å². The van der Waals surface area contributed by atoms with Crippen LogP contribution in [0.3, 0.4) is 0 Å². The molecular weight excluding hydrogens is 300 g/mol. The van der Waals surface area contributed by atoms with E-state index >= 15 is 0 Å². The van der Waals surface area contributed by atoms with Crippen molar-refractivity contribution in [2.45, 2.75) is 94.8 Å². The minimum absolute atomic E-state index is 0.0463. The molecule has 3 heterocycles. The van der Waals surface area contributed by atoms with E-state index < -0.39 is 17.5 Å². The summed E-state index contributed by atoms with van der Waals surface area (Å²) < 4.78 is 23.5. The quantitative estimate of drug-likeness (QED) is 0.741. The first-order valence-corrected chi connectivity index (χ1v) is 8.64. The lowest BCUT2D eigenvalue weighted by Gasteiger charge is -2.44. The summed E-state index contributed by atoms with van der Waals surface area (Å²) in [6.07, 6.45) is 2.02. The van der Waals surface area contributed by atoms with Gasteiger partial charge in [-0.25, -0.2) is 0 Å². The minimum atomic E-state index is -0.577. The molecule has 0 aromatic rings. The van der Waals surface area contributed by atoms with Crippen LogP contribution < -0.4 is 0 Å². The zero-order chi connectivity index (χ0) is 16.9. The van der Waals surface area contributed by atoms with Crippen LogP contribution in [0.25, 0.3) is 0 Å². The Labute approximate surface area is 138 Å². The average Bonchev–Trinajstić information content (AvgIpc) is 3.00. The molecule has 0 unspecified atom stereocenters. The third-order valence-electron chi connectivity index (χ3n) is 5.60. The minimum Gasteiger partial charge on any atom is -0.394 e. The monoisotopic (exact) mass is 330 g/mol. The molecule has 0 aromatic carbocycles. The Balaban J connectivity index is 1.58. The molecule has 3 aliphatic rings. The van der Waals surface area contributed by atoms with Gasteiger partial charge in [0.2, 0.25) is 0 Å². The fourth-order valence-corrected chi connectivity index (χ4v) is 3.75. The second-order valence-corrected chi connectivity index (χ2v) is 8.03. The first-order chi connectivity index (χ1) is 10.7. The molecule has 2 N–H and O–H groups in total. The van der Waals surface area contributed by atoms with Crippen molar-refractivity contribution in [3.8, 4) is 0 Å². The van der Waals surface area contributed by atoms with Crippen molar-refractivity contribution in [1.82, 2.24) is 0 Å². The molecule has 0 saturated carbocycles. The summed E-state index contributed by atoms with van der Waals surface area (Å²) in [5.41, 5.74) is -0.722. The number of hydrogen-bond donors (Lipinski definition) is 2. The third kappa shape index (κ3) is 3.57. The number of epoxide rings is 1. The summed E-state index contributed by atoms with van der Waals surface area (Å²) >= 11 is 0. The van der Waals surface area contributed by atoms with Gasteiger partial charge in [-0.3, -0.25) is 0 Å². The van der Waals surface area contributed by atoms with Gasteiger partial charge in [-0.15, -0.1) is 0 Å². The summed E-state index contributed by atoms with van der Waals surface area (Å²) in [5.74, 6) is -0.577. The van der Waals surface area contributed by atoms with Crippen LogP contribution in [-0.2, 0) is 18.9 Å². The van der Waals surface area contributed by atoms with Crippen LogP contribution in [0.15, 0.2) is 0 Å². The van der Waals surface area contributed by atoms with Crippen molar-refractivity contribution in [3.63, 3.8) is 0 Å². The van der Waals surface area contributed by atoms with Crippen molar-refractivity contribution in [2.24, 2.45) is 0 Å². The summed E-state index contributed by atoms with van der Waals surface area (Å²) in [6.45, 7) is 8.42. The van der Waals surface area contributed by atoms with Crippen LogP contribution in [0, 0.1) is 0 Å². The zero-order valence-corrected chi connectivity index (χ0v) is 14.6. The zero-order valence-electron chi connectivity index (χ0n) is 14.6. The molecule has 6 nitrogen and oxygen atoms in total. The molecule has 0 aromatic heterocycles. The van der Waals surface area contributed by atoms with Crippen LogP contribution in [0.5, 0.6) is 0 Å². The summed E-state index contributed by atoms with van der Waals surface area (Å²) in [6, 6.07) is 0. The van der Waals surface area contributed by atoms with Crippen molar-refractivity contribution < 1.29 is 29.2 Å². The topological polar surface area (TPSA) is 80.7 Å². The standard InChI is InChI=1S/C17H30O6/c1-15(2)20-10-14(22-15)17(4)7-5-11(19)12(21-17)6-8-16(3)13(9-18)23-16/h11-14,18-19H,5-10H2,1-4H3/t11-,12+,13-,14+,16-,17-/m0/s1. The Kier molecular flexibility index (Phi) is 4.53. The first kappa shape index (κ1) is 17.6. The maximum atomic E-state index is 10.3. The van der Waals surface area contributed by atoms with Gasteiger partial charge in [0.05, 0.1) is 36.6 Å². The number of rotatable bonds is 5. The van der Waals surface area contributed by atoms with E-state index in [9.17, 15) is 10.2 Å². The van der Waals surface area contributed by atoms with Crippen LogP contribution in [0.4, 0.5) is 0 Å². The Morgan fingerprint density at radius 2 is 1.83 bits per heavy atom. The molecule has 134 valence electrons. The van der Waals surface area contributed by atoms with Gasteiger partial charge >= 0.3 is 0 Å². The lowest BCUT2D eigenvalue weighted by atomic mass is 9.85. The smallest absolute Gasteiger partial charge is 0.163 e. The Bertz CT molecular complexity index is 441. The maximum absolute atomic E-state index is 10.3. The molecule has 0 aliphatic carbocycles. The summed E-state index contributed by atoms with van der Waals surface area (Å²) in [5, 5.41) is 19.5. The SMILES string of the molecule is CC1(C)OC[C@H]([C@]2(C)CC[C@H](O)[C@@H](CC[C@]3(C)O[C@H]3CO)O2)O1. The van der Waals surface area contributed by atoms with E-state index in [-0.39, 0.29) is 30.5 Å². The highest BCUT2D eigenvalue weighted by Gasteiger charge is 2.53.